The van der Waals surface area contributed by atoms with Gasteiger partial charge in [0.25, 0.3) is 5.91 Å². The van der Waals surface area contributed by atoms with Crippen LogP contribution in [0, 0.1) is 6.92 Å². The molecule has 1 saturated heterocycles. The largest absolute Gasteiger partial charge is 0.467 e. The standard InChI is InChI=1S/C20H22N4O4S/c1-12-18-16(20(25)21-10-15-3-2-7-28-15)9-17(13-4-5-13)22-19(18)24(23-12)14-6-8-29(26,27)11-14/h2-3,7,9,13-14H,4-6,8,10-11H2,1H3,(H,21,25). The number of hydrogen-bond donors (Lipinski definition) is 1. The van der Waals surface area contributed by atoms with Gasteiger partial charge in [0.2, 0.25) is 0 Å². The number of pyridine rings is 1. The Morgan fingerprint density at radius 2 is 2.17 bits per heavy atom. The van der Waals surface area contributed by atoms with Crippen LogP contribution in [0.2, 0.25) is 0 Å². The molecule has 9 heteroatoms. The highest BCUT2D eigenvalue weighted by molar-refractivity contribution is 7.91. The highest BCUT2D eigenvalue weighted by atomic mass is 32.2. The molecule has 0 bridgehead atoms. The lowest BCUT2D eigenvalue weighted by atomic mass is 10.1. The zero-order chi connectivity index (χ0) is 20.2. The second-order valence-electron chi connectivity index (χ2n) is 7.92. The van der Waals surface area contributed by atoms with Crippen molar-refractivity contribution >= 4 is 26.8 Å². The summed E-state index contributed by atoms with van der Waals surface area (Å²) in [5, 5.41) is 8.20. The summed E-state index contributed by atoms with van der Waals surface area (Å²) in [6.45, 7) is 2.13. The van der Waals surface area contributed by atoms with E-state index in [1.54, 1.807) is 17.0 Å². The van der Waals surface area contributed by atoms with Crippen LogP contribution in [-0.4, -0.2) is 40.6 Å². The summed E-state index contributed by atoms with van der Waals surface area (Å²) in [5.74, 6) is 1.05. The van der Waals surface area contributed by atoms with Gasteiger partial charge < -0.3 is 9.73 Å². The van der Waals surface area contributed by atoms with Gasteiger partial charge in [0.1, 0.15) is 5.76 Å². The average Bonchev–Trinajstić information content (AvgIpc) is 3.13. The van der Waals surface area contributed by atoms with Gasteiger partial charge in [-0.3, -0.25) is 4.79 Å². The van der Waals surface area contributed by atoms with Crippen molar-refractivity contribution in [1.82, 2.24) is 20.1 Å². The van der Waals surface area contributed by atoms with Crippen LogP contribution in [0.25, 0.3) is 11.0 Å². The van der Waals surface area contributed by atoms with E-state index in [1.807, 2.05) is 19.1 Å². The van der Waals surface area contributed by atoms with Crippen LogP contribution >= 0.6 is 0 Å². The van der Waals surface area contributed by atoms with Gasteiger partial charge in [-0.25, -0.2) is 18.1 Å². The molecule has 1 saturated carbocycles. The third-order valence-electron chi connectivity index (χ3n) is 5.65. The summed E-state index contributed by atoms with van der Waals surface area (Å²) in [6.07, 6.45) is 4.20. The molecule has 4 heterocycles. The summed E-state index contributed by atoms with van der Waals surface area (Å²) in [4.78, 5) is 17.8. The third-order valence-corrected chi connectivity index (χ3v) is 7.40. The molecule has 1 aliphatic carbocycles. The number of fused-ring (bicyclic) bond motifs is 1. The summed E-state index contributed by atoms with van der Waals surface area (Å²) < 4.78 is 31.0. The van der Waals surface area contributed by atoms with E-state index in [-0.39, 0.29) is 23.5 Å². The van der Waals surface area contributed by atoms with Crippen molar-refractivity contribution < 1.29 is 17.6 Å². The molecule has 152 valence electrons. The molecular weight excluding hydrogens is 392 g/mol. The Kier molecular flexibility index (Phi) is 4.23. The predicted octanol–water partition coefficient (Wildman–Crippen LogP) is 2.50. The number of aryl methyl sites for hydroxylation is 1. The molecule has 1 unspecified atom stereocenters. The SMILES string of the molecule is Cc1nn(C2CCS(=O)(=O)C2)c2nc(C3CC3)cc(C(=O)NCc3ccco3)c12. The topological polar surface area (TPSA) is 107 Å². The molecule has 0 spiro atoms. The minimum absolute atomic E-state index is 0.0680. The number of amides is 1. The summed E-state index contributed by atoms with van der Waals surface area (Å²) in [7, 11) is -3.06. The Morgan fingerprint density at radius 1 is 1.34 bits per heavy atom. The van der Waals surface area contributed by atoms with Gasteiger partial charge in [-0.05, 0) is 44.4 Å². The Bertz CT molecular complexity index is 1190. The van der Waals surface area contributed by atoms with Crippen molar-refractivity contribution in [2.75, 3.05) is 11.5 Å². The second-order valence-corrected chi connectivity index (χ2v) is 10.1. The predicted molar refractivity (Wildman–Crippen MR) is 106 cm³/mol. The van der Waals surface area contributed by atoms with Crippen LogP contribution in [0.5, 0.6) is 0 Å². The van der Waals surface area contributed by atoms with Gasteiger partial charge in [-0.15, -0.1) is 0 Å². The van der Waals surface area contributed by atoms with Crippen LogP contribution in [0.1, 0.15) is 58.7 Å². The fraction of sp³-hybridized carbons (Fsp3) is 0.450. The first kappa shape index (κ1) is 18.4. The fourth-order valence-corrected chi connectivity index (χ4v) is 5.69. The quantitative estimate of drug-likeness (QED) is 0.687. The monoisotopic (exact) mass is 414 g/mol. The normalized spacial score (nSPS) is 20.9. The molecule has 2 fully saturated rings. The molecule has 5 rings (SSSR count). The first-order valence-corrected chi connectivity index (χ1v) is 11.6. The van der Waals surface area contributed by atoms with Crippen molar-refractivity contribution in [2.24, 2.45) is 0 Å². The molecule has 0 radical (unpaired) electrons. The maximum Gasteiger partial charge on any atom is 0.252 e. The van der Waals surface area contributed by atoms with Crippen LogP contribution in [0.3, 0.4) is 0 Å². The lowest BCUT2D eigenvalue weighted by Crippen LogP contribution is -2.23. The lowest BCUT2D eigenvalue weighted by molar-refractivity contribution is 0.0949. The fourth-order valence-electron chi connectivity index (χ4n) is 4.00. The molecule has 3 aromatic rings. The lowest BCUT2D eigenvalue weighted by Gasteiger charge is -2.12. The molecule has 1 aliphatic heterocycles. The van der Waals surface area contributed by atoms with E-state index in [1.165, 1.54) is 0 Å². The molecule has 1 amide bonds. The summed E-state index contributed by atoms with van der Waals surface area (Å²) >= 11 is 0. The van der Waals surface area contributed by atoms with E-state index in [0.717, 1.165) is 18.5 Å². The molecule has 29 heavy (non-hydrogen) atoms. The number of carbonyl (C=O) groups excluding carboxylic acids is 1. The van der Waals surface area contributed by atoms with Gasteiger partial charge in [0.15, 0.2) is 15.5 Å². The number of nitrogens with one attached hydrogen (secondary N) is 1. The maximum absolute atomic E-state index is 13.0. The zero-order valence-corrected chi connectivity index (χ0v) is 16.9. The van der Waals surface area contributed by atoms with Crippen molar-refractivity contribution in [3.63, 3.8) is 0 Å². The molecule has 3 aromatic heterocycles. The number of sulfone groups is 1. The summed E-state index contributed by atoms with van der Waals surface area (Å²) in [5.41, 5.74) is 2.70. The van der Waals surface area contributed by atoms with E-state index in [0.29, 0.717) is 46.9 Å². The smallest absolute Gasteiger partial charge is 0.252 e. The van der Waals surface area contributed by atoms with Gasteiger partial charge in [0, 0.05) is 11.6 Å². The Labute approximate surface area is 168 Å². The summed E-state index contributed by atoms with van der Waals surface area (Å²) in [6, 6.07) is 5.21. The van der Waals surface area contributed by atoms with E-state index in [9.17, 15) is 13.2 Å². The highest BCUT2D eigenvalue weighted by Gasteiger charge is 2.34. The van der Waals surface area contributed by atoms with Gasteiger partial charge in [-0.1, -0.05) is 0 Å². The van der Waals surface area contributed by atoms with E-state index >= 15 is 0 Å². The van der Waals surface area contributed by atoms with Crippen molar-refractivity contribution in [1.29, 1.82) is 0 Å². The molecular formula is C20H22N4O4S. The van der Waals surface area contributed by atoms with E-state index in [4.69, 9.17) is 9.40 Å². The number of carbonyl (C=O) groups is 1. The number of nitrogens with zero attached hydrogens (tertiary/aromatic N) is 3. The number of aromatic nitrogens is 3. The second kappa shape index (κ2) is 6.69. The number of rotatable bonds is 5. The minimum Gasteiger partial charge on any atom is -0.467 e. The van der Waals surface area contributed by atoms with Crippen LogP contribution in [0.15, 0.2) is 28.9 Å². The molecule has 1 N–H and O–H groups in total. The average molecular weight is 414 g/mol. The zero-order valence-electron chi connectivity index (χ0n) is 16.1. The van der Waals surface area contributed by atoms with Gasteiger partial charge in [0.05, 0.1) is 47.0 Å². The van der Waals surface area contributed by atoms with Crippen LogP contribution in [0.4, 0.5) is 0 Å². The Hall–Kier alpha value is -2.68. The van der Waals surface area contributed by atoms with Crippen molar-refractivity contribution in [3.05, 3.63) is 47.2 Å². The van der Waals surface area contributed by atoms with E-state index in [2.05, 4.69) is 10.4 Å². The highest BCUT2D eigenvalue weighted by Crippen LogP contribution is 2.41. The van der Waals surface area contributed by atoms with E-state index < -0.39 is 9.84 Å². The van der Waals surface area contributed by atoms with Crippen molar-refractivity contribution in [3.8, 4) is 0 Å². The molecule has 1 atom stereocenters. The van der Waals surface area contributed by atoms with Crippen LogP contribution in [-0.2, 0) is 16.4 Å². The van der Waals surface area contributed by atoms with Crippen molar-refractivity contribution in [2.45, 2.75) is 44.7 Å². The number of furan rings is 1. The third kappa shape index (κ3) is 3.43. The first-order chi connectivity index (χ1) is 13.9. The molecule has 8 nitrogen and oxygen atoms in total. The first-order valence-electron chi connectivity index (χ1n) is 9.82. The van der Waals surface area contributed by atoms with Gasteiger partial charge >= 0.3 is 0 Å². The Balaban J connectivity index is 1.57. The van der Waals surface area contributed by atoms with Gasteiger partial charge in [-0.2, -0.15) is 5.10 Å². The maximum atomic E-state index is 13.0. The van der Waals surface area contributed by atoms with Crippen LogP contribution < -0.4 is 5.32 Å². The molecule has 0 aromatic carbocycles. The Morgan fingerprint density at radius 3 is 2.83 bits per heavy atom. The number of hydrogen-bond acceptors (Lipinski definition) is 6. The molecule has 2 aliphatic rings. The minimum atomic E-state index is -3.06.